The van der Waals surface area contributed by atoms with E-state index in [1.165, 1.54) is 5.75 Å². The first-order valence-corrected chi connectivity index (χ1v) is 6.27. The van der Waals surface area contributed by atoms with E-state index in [1.807, 2.05) is 0 Å². The lowest BCUT2D eigenvalue weighted by Gasteiger charge is -2.23. The van der Waals surface area contributed by atoms with Gasteiger partial charge in [0.05, 0.1) is 0 Å². The predicted molar refractivity (Wildman–Crippen MR) is 45.0 cm³/mol. The van der Waals surface area contributed by atoms with E-state index in [-0.39, 0.29) is 0 Å². The van der Waals surface area contributed by atoms with Gasteiger partial charge in [0.1, 0.15) is 0 Å². The van der Waals surface area contributed by atoms with Crippen molar-refractivity contribution in [2.45, 2.75) is 13.8 Å². The fraction of sp³-hybridized carbons (Fsp3) is 1.00. The molecule has 0 aliphatic rings. The molecule has 0 aliphatic heterocycles. The van der Waals surface area contributed by atoms with Crippen molar-refractivity contribution in [3.8, 4) is 0 Å². The highest BCUT2D eigenvalue weighted by Gasteiger charge is 2.07. The molecule has 0 saturated heterocycles. The standard InChI is InChI=1S/C6H15ClS/c1-6(2)5-8(3,4)7/h6H,5H2,1-4H3. The Bertz CT molecular complexity index is 63.4. The molecule has 0 atom stereocenters. The third-order valence-corrected chi connectivity index (χ3v) is 2.57. The zero-order valence-electron chi connectivity index (χ0n) is 6.07. The summed E-state index contributed by atoms with van der Waals surface area (Å²) in [5.74, 6) is 1.92. The molecule has 2 heteroatoms. The second kappa shape index (κ2) is 2.98. The van der Waals surface area contributed by atoms with Crippen LogP contribution < -0.4 is 0 Å². The molecule has 0 aliphatic carbocycles. The molecule has 0 saturated carbocycles. The summed E-state index contributed by atoms with van der Waals surface area (Å²) < 4.78 is 0. The van der Waals surface area contributed by atoms with Gasteiger partial charge in [-0.3, -0.25) is 0 Å². The molecule has 0 unspecified atom stereocenters. The van der Waals surface area contributed by atoms with E-state index < -0.39 is 9.24 Å². The Balaban J connectivity index is 3.39. The summed E-state index contributed by atoms with van der Waals surface area (Å²) in [6.07, 6.45) is 4.27. The van der Waals surface area contributed by atoms with Crippen molar-refractivity contribution in [1.29, 1.82) is 0 Å². The molecule has 0 fully saturated rings. The molecule has 0 bridgehead atoms. The Labute approximate surface area is 58.4 Å². The van der Waals surface area contributed by atoms with Crippen LogP contribution in [-0.2, 0) is 0 Å². The van der Waals surface area contributed by atoms with Gasteiger partial charge in [0.15, 0.2) is 0 Å². The predicted octanol–water partition coefficient (Wildman–Crippen LogP) is 2.86. The highest BCUT2D eigenvalue weighted by Crippen LogP contribution is 2.46. The van der Waals surface area contributed by atoms with Crippen LogP contribution in [0.1, 0.15) is 13.8 Å². The Morgan fingerprint density at radius 3 is 1.75 bits per heavy atom. The first-order chi connectivity index (χ1) is 3.42. The van der Waals surface area contributed by atoms with Crippen molar-refractivity contribution in [3.05, 3.63) is 0 Å². The van der Waals surface area contributed by atoms with Crippen LogP contribution in [0, 0.1) is 5.92 Å². The minimum absolute atomic E-state index is 0.748. The van der Waals surface area contributed by atoms with Crippen molar-refractivity contribution < 1.29 is 0 Å². The normalized spacial score (nSPS) is 14.8. The quantitative estimate of drug-likeness (QED) is 0.574. The minimum atomic E-state index is -0.751. The van der Waals surface area contributed by atoms with Crippen molar-refractivity contribution in [2.24, 2.45) is 5.92 Å². The van der Waals surface area contributed by atoms with Crippen molar-refractivity contribution in [2.75, 3.05) is 18.3 Å². The highest BCUT2D eigenvalue weighted by molar-refractivity contribution is 8.50. The molecule has 0 radical (unpaired) electrons. The van der Waals surface area contributed by atoms with Crippen LogP contribution in [-0.4, -0.2) is 18.3 Å². The summed E-state index contributed by atoms with van der Waals surface area (Å²) >= 11 is 0. The van der Waals surface area contributed by atoms with Gasteiger partial charge in [-0.15, -0.1) is 0 Å². The molecule has 0 N–H and O–H groups in total. The topological polar surface area (TPSA) is 0 Å². The van der Waals surface area contributed by atoms with Crippen molar-refractivity contribution >= 4 is 19.9 Å². The van der Waals surface area contributed by atoms with E-state index in [1.54, 1.807) is 0 Å². The summed E-state index contributed by atoms with van der Waals surface area (Å²) in [4.78, 5) is 0. The molecule has 0 amide bonds. The van der Waals surface area contributed by atoms with Gasteiger partial charge in [0, 0.05) is 0 Å². The Kier molecular flexibility index (Phi) is 3.21. The molecule has 0 aromatic heterocycles. The first-order valence-electron chi connectivity index (χ1n) is 2.82. The summed E-state index contributed by atoms with van der Waals surface area (Å²) in [5.41, 5.74) is 0. The maximum atomic E-state index is 6.01. The zero-order valence-corrected chi connectivity index (χ0v) is 7.64. The summed E-state index contributed by atoms with van der Waals surface area (Å²) in [5, 5.41) is 0. The molecule has 0 aromatic carbocycles. The lowest BCUT2D eigenvalue weighted by Crippen LogP contribution is -2.00. The fourth-order valence-corrected chi connectivity index (χ4v) is 3.13. The molecule has 0 spiro atoms. The van der Waals surface area contributed by atoms with Gasteiger partial charge >= 0.3 is 0 Å². The van der Waals surface area contributed by atoms with Gasteiger partial charge < -0.3 is 0 Å². The van der Waals surface area contributed by atoms with E-state index >= 15 is 0 Å². The highest BCUT2D eigenvalue weighted by atomic mass is 35.7. The van der Waals surface area contributed by atoms with E-state index in [2.05, 4.69) is 26.4 Å². The summed E-state index contributed by atoms with van der Waals surface area (Å²) in [6.45, 7) is 4.41. The van der Waals surface area contributed by atoms with Gasteiger partial charge in [0.2, 0.25) is 0 Å². The van der Waals surface area contributed by atoms with Crippen molar-refractivity contribution in [1.82, 2.24) is 0 Å². The van der Waals surface area contributed by atoms with Gasteiger partial charge in [0.25, 0.3) is 0 Å². The third kappa shape index (κ3) is 6.64. The van der Waals surface area contributed by atoms with Crippen LogP contribution in [0.4, 0.5) is 0 Å². The average Bonchev–Trinajstić information content (AvgIpc) is 1.21. The van der Waals surface area contributed by atoms with Gasteiger partial charge in [-0.2, -0.15) is 9.24 Å². The Morgan fingerprint density at radius 1 is 1.38 bits per heavy atom. The summed E-state index contributed by atoms with van der Waals surface area (Å²) in [6, 6.07) is 0. The van der Waals surface area contributed by atoms with E-state index in [0.717, 1.165) is 5.92 Å². The van der Waals surface area contributed by atoms with Crippen LogP contribution >= 0.6 is 19.9 Å². The lowest BCUT2D eigenvalue weighted by atomic mass is 10.3. The van der Waals surface area contributed by atoms with Gasteiger partial charge in [-0.25, -0.2) is 0 Å². The summed E-state index contributed by atoms with van der Waals surface area (Å²) in [7, 11) is 5.26. The number of rotatable bonds is 2. The van der Waals surface area contributed by atoms with Gasteiger partial charge in [-0.1, -0.05) is 24.5 Å². The van der Waals surface area contributed by atoms with Gasteiger partial charge in [-0.05, 0) is 24.2 Å². The smallest absolute Gasteiger partial charge is 0.00826 e. The van der Waals surface area contributed by atoms with Crippen LogP contribution in [0.3, 0.4) is 0 Å². The van der Waals surface area contributed by atoms with Crippen LogP contribution in [0.15, 0.2) is 0 Å². The largest absolute Gasteiger partial charge is 0.169 e. The number of hydrogen-bond acceptors (Lipinski definition) is 0. The Hall–Kier alpha value is 0.640. The second-order valence-corrected chi connectivity index (χ2v) is 8.61. The number of halogens is 1. The van der Waals surface area contributed by atoms with E-state index in [4.69, 9.17) is 10.7 Å². The minimum Gasteiger partial charge on any atom is -0.169 e. The van der Waals surface area contributed by atoms with E-state index in [9.17, 15) is 0 Å². The first kappa shape index (κ1) is 8.64. The maximum Gasteiger partial charge on any atom is -0.00826 e. The molecular weight excluding hydrogens is 140 g/mol. The van der Waals surface area contributed by atoms with Crippen LogP contribution in [0.25, 0.3) is 0 Å². The maximum absolute atomic E-state index is 6.01. The third-order valence-electron chi connectivity index (χ3n) is 0.730. The van der Waals surface area contributed by atoms with Crippen molar-refractivity contribution in [3.63, 3.8) is 0 Å². The molecular formula is C6H15ClS. The second-order valence-electron chi connectivity index (χ2n) is 2.96. The molecule has 0 heterocycles. The molecule has 0 rings (SSSR count). The Morgan fingerprint density at radius 2 is 1.75 bits per heavy atom. The fourth-order valence-electron chi connectivity index (χ4n) is 0.793. The number of hydrogen-bond donors (Lipinski definition) is 0. The molecule has 8 heavy (non-hydrogen) atoms. The van der Waals surface area contributed by atoms with Crippen LogP contribution in [0.2, 0.25) is 0 Å². The molecule has 0 nitrogen and oxygen atoms in total. The lowest BCUT2D eigenvalue weighted by molar-refractivity contribution is 0.748. The SMILES string of the molecule is CC(C)CS(C)(C)Cl. The molecule has 0 aromatic rings. The zero-order chi connectivity index (χ0) is 6.78. The van der Waals surface area contributed by atoms with E-state index in [0.29, 0.717) is 0 Å². The molecule has 52 valence electrons. The average molecular weight is 155 g/mol. The monoisotopic (exact) mass is 154 g/mol. The van der Waals surface area contributed by atoms with Crippen LogP contribution in [0.5, 0.6) is 0 Å².